The molecule has 0 aliphatic heterocycles. The summed E-state index contributed by atoms with van der Waals surface area (Å²) in [6, 6.07) is 3.93. The van der Waals surface area contributed by atoms with Crippen molar-refractivity contribution in [2.75, 3.05) is 14.2 Å². The third-order valence-corrected chi connectivity index (χ3v) is 3.79. The maximum absolute atomic E-state index is 6.24. The zero-order chi connectivity index (χ0) is 11.9. The number of methoxy groups -OCH3 is 2. The van der Waals surface area contributed by atoms with Gasteiger partial charge in [0.25, 0.3) is 0 Å². The van der Waals surface area contributed by atoms with Crippen LogP contribution in [-0.2, 0) is 0 Å². The summed E-state index contributed by atoms with van der Waals surface area (Å²) < 4.78 is 10.8. The molecule has 0 radical (unpaired) electrons. The minimum atomic E-state index is 0.0371. The number of hydrogen-bond acceptors (Lipinski definition) is 3. The quantitative estimate of drug-likeness (QED) is 0.834. The lowest BCUT2D eigenvalue weighted by Gasteiger charge is -2.14. The van der Waals surface area contributed by atoms with Crippen molar-refractivity contribution in [3.05, 3.63) is 23.3 Å². The van der Waals surface area contributed by atoms with E-state index in [1.807, 2.05) is 12.1 Å². The molecule has 0 spiro atoms. The molecule has 3 atom stereocenters. The van der Waals surface area contributed by atoms with E-state index in [0.29, 0.717) is 11.8 Å². The Morgan fingerprint density at radius 1 is 1.00 bits per heavy atom. The van der Waals surface area contributed by atoms with Crippen molar-refractivity contribution in [1.82, 2.24) is 0 Å². The number of nitrogens with two attached hydrogens (primary N) is 1. The van der Waals surface area contributed by atoms with Crippen LogP contribution in [0.5, 0.6) is 11.5 Å². The normalized spacial score (nSPS) is 27.7. The Morgan fingerprint density at radius 2 is 1.50 bits per heavy atom. The number of ether oxygens (including phenoxy) is 2. The lowest BCUT2D eigenvalue weighted by Crippen LogP contribution is -2.15. The molecule has 3 unspecified atom stereocenters. The highest BCUT2D eigenvalue weighted by atomic mass is 16.5. The average molecular weight is 221 g/mol. The first-order chi connectivity index (χ1) is 7.61. The molecule has 2 rings (SSSR count). The third-order valence-electron chi connectivity index (χ3n) is 3.79. The summed E-state index contributed by atoms with van der Waals surface area (Å²) in [5, 5.41) is 0. The summed E-state index contributed by atoms with van der Waals surface area (Å²) in [5.41, 5.74) is 8.57. The molecule has 2 N–H and O–H groups in total. The van der Waals surface area contributed by atoms with Crippen LogP contribution in [-0.4, -0.2) is 14.2 Å². The summed E-state index contributed by atoms with van der Waals surface area (Å²) in [5.74, 6) is 2.62. The van der Waals surface area contributed by atoms with Gasteiger partial charge in [0, 0.05) is 17.2 Å². The first-order valence-electron chi connectivity index (χ1n) is 5.62. The summed E-state index contributed by atoms with van der Waals surface area (Å²) in [7, 11) is 3.38. The van der Waals surface area contributed by atoms with Crippen molar-refractivity contribution in [1.29, 1.82) is 0 Å². The molecule has 0 saturated heterocycles. The van der Waals surface area contributed by atoms with E-state index >= 15 is 0 Å². The molecule has 0 aromatic heterocycles. The van der Waals surface area contributed by atoms with Crippen molar-refractivity contribution in [3.63, 3.8) is 0 Å². The molecular weight excluding hydrogens is 202 g/mol. The van der Waals surface area contributed by atoms with Crippen LogP contribution >= 0.6 is 0 Å². The van der Waals surface area contributed by atoms with Crippen molar-refractivity contribution in [2.24, 2.45) is 11.7 Å². The van der Waals surface area contributed by atoms with Gasteiger partial charge in [0.15, 0.2) is 0 Å². The fourth-order valence-corrected chi connectivity index (χ4v) is 2.60. The zero-order valence-corrected chi connectivity index (χ0v) is 10.3. The summed E-state index contributed by atoms with van der Waals surface area (Å²) in [4.78, 5) is 0. The lowest BCUT2D eigenvalue weighted by molar-refractivity contribution is 0.395. The maximum atomic E-state index is 6.24. The number of hydrogen-bond donors (Lipinski definition) is 1. The Balaban J connectivity index is 2.64. The lowest BCUT2D eigenvalue weighted by atomic mass is 9.94. The van der Waals surface area contributed by atoms with Crippen LogP contribution in [0.4, 0.5) is 0 Å². The van der Waals surface area contributed by atoms with E-state index in [1.54, 1.807) is 14.2 Å². The van der Waals surface area contributed by atoms with E-state index in [2.05, 4.69) is 13.8 Å². The molecule has 1 aliphatic rings. The largest absolute Gasteiger partial charge is 0.496 e. The SMILES string of the molecule is COc1ccc(OC)c2c1C(C)C(C)C2N. The van der Waals surface area contributed by atoms with Gasteiger partial charge in [-0.3, -0.25) is 0 Å². The molecule has 1 aromatic rings. The minimum absolute atomic E-state index is 0.0371. The van der Waals surface area contributed by atoms with Crippen LogP contribution in [0.1, 0.15) is 36.9 Å². The van der Waals surface area contributed by atoms with Gasteiger partial charge >= 0.3 is 0 Å². The predicted octanol–water partition coefficient (Wildman–Crippen LogP) is 2.46. The second kappa shape index (κ2) is 3.98. The van der Waals surface area contributed by atoms with E-state index in [0.717, 1.165) is 17.1 Å². The molecule has 88 valence electrons. The molecule has 1 aromatic carbocycles. The molecular formula is C13H19NO2. The minimum Gasteiger partial charge on any atom is -0.496 e. The molecule has 0 saturated carbocycles. The van der Waals surface area contributed by atoms with Gasteiger partial charge in [-0.2, -0.15) is 0 Å². The van der Waals surface area contributed by atoms with Crippen molar-refractivity contribution in [2.45, 2.75) is 25.8 Å². The highest BCUT2D eigenvalue weighted by Gasteiger charge is 2.37. The molecule has 0 bridgehead atoms. The van der Waals surface area contributed by atoms with Gasteiger partial charge in [0.2, 0.25) is 0 Å². The van der Waals surface area contributed by atoms with Crippen LogP contribution in [0.25, 0.3) is 0 Å². The smallest absolute Gasteiger partial charge is 0.124 e. The topological polar surface area (TPSA) is 44.5 Å². The van der Waals surface area contributed by atoms with Crippen LogP contribution in [0, 0.1) is 5.92 Å². The second-order valence-electron chi connectivity index (χ2n) is 4.47. The molecule has 0 heterocycles. The van der Waals surface area contributed by atoms with Gasteiger partial charge < -0.3 is 15.2 Å². The molecule has 16 heavy (non-hydrogen) atoms. The van der Waals surface area contributed by atoms with E-state index in [9.17, 15) is 0 Å². The van der Waals surface area contributed by atoms with Gasteiger partial charge in [-0.15, -0.1) is 0 Å². The van der Waals surface area contributed by atoms with E-state index in [1.165, 1.54) is 5.56 Å². The summed E-state index contributed by atoms with van der Waals surface area (Å²) >= 11 is 0. The van der Waals surface area contributed by atoms with Crippen LogP contribution in [0.2, 0.25) is 0 Å². The molecule has 3 heteroatoms. The van der Waals surface area contributed by atoms with Gasteiger partial charge in [-0.1, -0.05) is 13.8 Å². The van der Waals surface area contributed by atoms with Crippen LogP contribution < -0.4 is 15.2 Å². The zero-order valence-electron chi connectivity index (χ0n) is 10.3. The van der Waals surface area contributed by atoms with Gasteiger partial charge in [-0.25, -0.2) is 0 Å². The Labute approximate surface area is 96.5 Å². The van der Waals surface area contributed by atoms with Gasteiger partial charge in [0.05, 0.1) is 14.2 Å². The van der Waals surface area contributed by atoms with Gasteiger partial charge in [0.1, 0.15) is 11.5 Å². The molecule has 0 amide bonds. The number of benzene rings is 1. The highest BCUT2D eigenvalue weighted by Crippen LogP contribution is 2.50. The summed E-state index contributed by atoms with van der Waals surface area (Å²) in [6.07, 6.45) is 0. The predicted molar refractivity (Wildman–Crippen MR) is 64.1 cm³/mol. The van der Waals surface area contributed by atoms with Crippen molar-refractivity contribution in [3.8, 4) is 11.5 Å². The summed E-state index contributed by atoms with van der Waals surface area (Å²) in [6.45, 7) is 4.37. The third kappa shape index (κ3) is 1.39. The van der Waals surface area contributed by atoms with Gasteiger partial charge in [-0.05, 0) is 24.0 Å². The average Bonchev–Trinajstić information content (AvgIpc) is 2.54. The standard InChI is InChI=1S/C13H19NO2/c1-7-8(2)13(14)12-10(16-4)6-5-9(15-3)11(7)12/h5-8,13H,14H2,1-4H3. The highest BCUT2D eigenvalue weighted by molar-refractivity contribution is 5.55. The molecule has 1 aliphatic carbocycles. The molecule has 3 nitrogen and oxygen atoms in total. The first kappa shape index (κ1) is 11.3. The van der Waals surface area contributed by atoms with E-state index in [-0.39, 0.29) is 6.04 Å². The Morgan fingerprint density at radius 3 is 2.00 bits per heavy atom. The Kier molecular flexibility index (Phi) is 2.80. The maximum Gasteiger partial charge on any atom is 0.124 e. The van der Waals surface area contributed by atoms with Crippen molar-refractivity contribution >= 4 is 0 Å². The fourth-order valence-electron chi connectivity index (χ4n) is 2.60. The Bertz CT molecular complexity index is 366. The Hall–Kier alpha value is -1.22. The number of rotatable bonds is 2. The van der Waals surface area contributed by atoms with E-state index < -0.39 is 0 Å². The first-order valence-corrected chi connectivity index (χ1v) is 5.62. The fraction of sp³-hybridized carbons (Fsp3) is 0.538. The number of fused-ring (bicyclic) bond motifs is 1. The van der Waals surface area contributed by atoms with Crippen LogP contribution in [0.15, 0.2) is 12.1 Å². The monoisotopic (exact) mass is 221 g/mol. The molecule has 0 fully saturated rings. The van der Waals surface area contributed by atoms with Crippen molar-refractivity contribution < 1.29 is 9.47 Å². The van der Waals surface area contributed by atoms with Crippen LogP contribution in [0.3, 0.4) is 0 Å². The van der Waals surface area contributed by atoms with E-state index in [4.69, 9.17) is 15.2 Å². The second-order valence-corrected chi connectivity index (χ2v) is 4.47.